The maximum absolute atomic E-state index is 12.5. The molecule has 0 bridgehead atoms. The maximum atomic E-state index is 12.5. The van der Waals surface area contributed by atoms with E-state index < -0.39 is 5.41 Å². The normalized spacial score (nSPS) is 15.5. The molecular formula is C20H19N3OS. The smallest absolute Gasteiger partial charge is 0.236 e. The molecule has 0 spiro atoms. The van der Waals surface area contributed by atoms with Crippen LogP contribution in [0.15, 0.2) is 42.7 Å². The minimum absolute atomic E-state index is 0.136. The van der Waals surface area contributed by atoms with Crippen LogP contribution in [0.4, 0.5) is 5.69 Å². The van der Waals surface area contributed by atoms with E-state index in [0.29, 0.717) is 0 Å². The van der Waals surface area contributed by atoms with Gasteiger partial charge in [-0.15, -0.1) is 11.3 Å². The van der Waals surface area contributed by atoms with Gasteiger partial charge in [0.1, 0.15) is 5.01 Å². The third-order valence-electron chi connectivity index (χ3n) is 4.81. The molecule has 0 aliphatic carbocycles. The van der Waals surface area contributed by atoms with E-state index in [1.54, 1.807) is 16.2 Å². The average Bonchev–Trinajstić information content (AvgIpc) is 3.15. The van der Waals surface area contributed by atoms with Crippen LogP contribution in [0.3, 0.4) is 0 Å². The van der Waals surface area contributed by atoms with Gasteiger partial charge in [-0.3, -0.25) is 9.78 Å². The molecule has 3 heterocycles. The lowest BCUT2D eigenvalue weighted by molar-refractivity contribution is -0.121. The van der Waals surface area contributed by atoms with Gasteiger partial charge in [0.05, 0.1) is 10.3 Å². The molecule has 1 aliphatic rings. The number of hydrogen-bond acceptors (Lipinski definition) is 4. The van der Waals surface area contributed by atoms with E-state index in [4.69, 9.17) is 0 Å². The number of benzene rings is 1. The molecule has 5 heteroatoms. The summed E-state index contributed by atoms with van der Waals surface area (Å²) in [7, 11) is 1.84. The Morgan fingerprint density at radius 3 is 2.64 bits per heavy atom. The molecule has 2 aromatic heterocycles. The van der Waals surface area contributed by atoms with Gasteiger partial charge in [0.25, 0.3) is 0 Å². The predicted molar refractivity (Wildman–Crippen MR) is 102 cm³/mol. The SMILES string of the molecule is Cc1cc(-c2ncc(-c3ccc4c(c3)N(C)C(=O)C4(C)C)s2)ccn1. The predicted octanol–water partition coefficient (Wildman–Crippen LogP) is 4.43. The average molecular weight is 349 g/mol. The molecule has 3 aromatic rings. The molecule has 25 heavy (non-hydrogen) atoms. The lowest BCUT2D eigenvalue weighted by Crippen LogP contribution is -2.33. The number of aromatic nitrogens is 2. The lowest BCUT2D eigenvalue weighted by atomic mass is 9.86. The first-order valence-corrected chi connectivity index (χ1v) is 9.01. The number of fused-ring (bicyclic) bond motifs is 1. The number of carbonyl (C=O) groups excluding carboxylic acids is 1. The Morgan fingerprint density at radius 1 is 1.08 bits per heavy atom. The van der Waals surface area contributed by atoms with Crippen molar-refractivity contribution in [3.8, 4) is 21.0 Å². The van der Waals surface area contributed by atoms with E-state index in [1.807, 2.05) is 52.3 Å². The quantitative estimate of drug-likeness (QED) is 0.687. The van der Waals surface area contributed by atoms with Gasteiger partial charge in [-0.25, -0.2) is 4.98 Å². The number of thiazole rings is 1. The van der Waals surface area contributed by atoms with Gasteiger partial charge < -0.3 is 4.90 Å². The van der Waals surface area contributed by atoms with Crippen LogP contribution in [0.5, 0.6) is 0 Å². The standard InChI is InChI=1S/C20H19N3OS/c1-12-9-14(7-8-21-12)18-22-11-17(25-18)13-5-6-15-16(10-13)23(4)19(24)20(15,2)3/h5-11H,1-4H3. The first-order chi connectivity index (χ1) is 11.9. The van der Waals surface area contributed by atoms with Crippen LogP contribution in [-0.2, 0) is 10.2 Å². The van der Waals surface area contributed by atoms with Crippen LogP contribution in [0.1, 0.15) is 25.1 Å². The van der Waals surface area contributed by atoms with Crippen molar-refractivity contribution in [3.05, 3.63) is 54.0 Å². The number of amides is 1. The van der Waals surface area contributed by atoms with Crippen molar-refractivity contribution in [3.63, 3.8) is 0 Å². The van der Waals surface area contributed by atoms with Gasteiger partial charge in [0.15, 0.2) is 0 Å². The second kappa shape index (κ2) is 5.49. The number of anilines is 1. The van der Waals surface area contributed by atoms with Gasteiger partial charge in [-0.1, -0.05) is 12.1 Å². The second-order valence-electron chi connectivity index (χ2n) is 6.94. The Balaban J connectivity index is 1.74. The summed E-state index contributed by atoms with van der Waals surface area (Å²) in [4.78, 5) is 24.1. The molecule has 4 nitrogen and oxygen atoms in total. The second-order valence-corrected chi connectivity index (χ2v) is 7.97. The summed E-state index contributed by atoms with van der Waals surface area (Å²) < 4.78 is 0. The fraction of sp³-hybridized carbons (Fsp3) is 0.250. The number of rotatable bonds is 2. The lowest BCUT2D eigenvalue weighted by Gasteiger charge is -2.16. The summed E-state index contributed by atoms with van der Waals surface area (Å²) in [6, 6.07) is 10.3. The molecular weight excluding hydrogens is 330 g/mol. The molecule has 126 valence electrons. The Hall–Kier alpha value is -2.53. The van der Waals surface area contributed by atoms with E-state index in [1.165, 1.54) is 0 Å². The van der Waals surface area contributed by atoms with Crippen LogP contribution in [0.2, 0.25) is 0 Å². The molecule has 1 aliphatic heterocycles. The molecule has 0 fully saturated rings. The van der Waals surface area contributed by atoms with Crippen molar-refractivity contribution in [2.45, 2.75) is 26.2 Å². The molecule has 0 unspecified atom stereocenters. The van der Waals surface area contributed by atoms with Gasteiger partial charge in [0, 0.05) is 36.4 Å². The number of hydrogen-bond donors (Lipinski definition) is 0. The minimum atomic E-state index is -0.462. The maximum Gasteiger partial charge on any atom is 0.236 e. The highest BCUT2D eigenvalue weighted by Crippen LogP contribution is 2.43. The van der Waals surface area contributed by atoms with Crippen molar-refractivity contribution in [2.75, 3.05) is 11.9 Å². The summed E-state index contributed by atoms with van der Waals surface area (Å²) in [5, 5.41) is 0.978. The summed E-state index contributed by atoms with van der Waals surface area (Å²) in [5.74, 6) is 0.136. The fourth-order valence-corrected chi connectivity index (χ4v) is 4.26. The van der Waals surface area contributed by atoms with E-state index in [0.717, 1.165) is 38.0 Å². The van der Waals surface area contributed by atoms with E-state index in [9.17, 15) is 4.79 Å². The highest BCUT2D eigenvalue weighted by Gasteiger charge is 2.42. The van der Waals surface area contributed by atoms with Crippen molar-refractivity contribution < 1.29 is 4.79 Å². The van der Waals surface area contributed by atoms with Crippen molar-refractivity contribution >= 4 is 22.9 Å². The third-order valence-corrected chi connectivity index (χ3v) is 5.90. The summed E-state index contributed by atoms with van der Waals surface area (Å²) in [5.41, 5.74) is 4.76. The first-order valence-electron chi connectivity index (χ1n) is 8.20. The van der Waals surface area contributed by atoms with Crippen LogP contribution >= 0.6 is 11.3 Å². The fourth-order valence-electron chi connectivity index (χ4n) is 3.35. The highest BCUT2D eigenvalue weighted by molar-refractivity contribution is 7.18. The zero-order valence-electron chi connectivity index (χ0n) is 14.7. The molecule has 0 saturated heterocycles. The first kappa shape index (κ1) is 16.0. The topological polar surface area (TPSA) is 46.1 Å². The molecule has 1 amide bonds. The van der Waals surface area contributed by atoms with Gasteiger partial charge >= 0.3 is 0 Å². The zero-order chi connectivity index (χ0) is 17.8. The Labute approximate surface area is 151 Å². The largest absolute Gasteiger partial charge is 0.314 e. The zero-order valence-corrected chi connectivity index (χ0v) is 15.5. The molecule has 0 atom stereocenters. The number of carbonyl (C=O) groups is 1. The molecule has 0 radical (unpaired) electrons. The Kier molecular flexibility index (Phi) is 3.51. The van der Waals surface area contributed by atoms with Gasteiger partial charge in [-0.2, -0.15) is 0 Å². The van der Waals surface area contributed by atoms with Crippen molar-refractivity contribution in [1.29, 1.82) is 0 Å². The van der Waals surface area contributed by atoms with Crippen LogP contribution < -0.4 is 4.90 Å². The minimum Gasteiger partial charge on any atom is -0.314 e. The highest BCUT2D eigenvalue weighted by atomic mass is 32.1. The van der Waals surface area contributed by atoms with Crippen LogP contribution in [0.25, 0.3) is 21.0 Å². The van der Waals surface area contributed by atoms with Crippen LogP contribution in [-0.4, -0.2) is 22.9 Å². The monoisotopic (exact) mass is 349 g/mol. The molecule has 0 N–H and O–H groups in total. The third kappa shape index (κ3) is 2.46. The van der Waals surface area contributed by atoms with Crippen LogP contribution in [0, 0.1) is 6.92 Å². The van der Waals surface area contributed by atoms with E-state index >= 15 is 0 Å². The summed E-state index contributed by atoms with van der Waals surface area (Å²) >= 11 is 1.65. The molecule has 4 rings (SSSR count). The van der Waals surface area contributed by atoms with E-state index in [-0.39, 0.29) is 5.91 Å². The summed E-state index contributed by atoms with van der Waals surface area (Å²) in [6.45, 7) is 5.94. The molecule has 0 saturated carbocycles. The number of pyridine rings is 1. The Bertz CT molecular complexity index is 990. The number of likely N-dealkylation sites (N-methyl/N-ethyl adjacent to an activating group) is 1. The van der Waals surface area contributed by atoms with Crippen molar-refractivity contribution in [2.24, 2.45) is 0 Å². The number of aryl methyl sites for hydroxylation is 1. The van der Waals surface area contributed by atoms with Gasteiger partial charge in [-0.05, 0) is 50.1 Å². The van der Waals surface area contributed by atoms with Gasteiger partial charge in [0.2, 0.25) is 5.91 Å². The van der Waals surface area contributed by atoms with Crippen molar-refractivity contribution in [1.82, 2.24) is 9.97 Å². The number of nitrogens with zero attached hydrogens (tertiary/aromatic N) is 3. The summed E-state index contributed by atoms with van der Waals surface area (Å²) in [6.07, 6.45) is 3.71. The Morgan fingerprint density at radius 2 is 1.88 bits per heavy atom. The van der Waals surface area contributed by atoms with E-state index in [2.05, 4.69) is 28.2 Å². The molecule has 1 aromatic carbocycles.